The zero-order chi connectivity index (χ0) is 15.0. The van der Waals surface area contributed by atoms with E-state index in [1.807, 2.05) is 11.3 Å². The molecule has 1 N–H and O–H groups in total. The molecule has 1 aromatic heterocycles. The second-order valence-electron chi connectivity index (χ2n) is 5.66. The third-order valence-corrected chi connectivity index (χ3v) is 5.10. The van der Waals surface area contributed by atoms with Gasteiger partial charge in [0.15, 0.2) is 0 Å². The Labute approximate surface area is 129 Å². The molecule has 1 atom stereocenters. The van der Waals surface area contributed by atoms with E-state index >= 15 is 0 Å². The van der Waals surface area contributed by atoms with Crippen molar-refractivity contribution in [2.75, 3.05) is 13.1 Å². The van der Waals surface area contributed by atoms with Crippen molar-refractivity contribution in [1.29, 1.82) is 0 Å². The topological polar surface area (TPSA) is 15.3 Å². The minimum absolute atomic E-state index is 0.679. The standard InChI is InChI=1S/C17H32N2S/c1-6-9-10-19(14(4)7-2)13-16-11-17(12-18-8-3)20-15(16)5/h11,14,18H,6-10,12-13H2,1-5H3. The molecule has 0 saturated heterocycles. The molecular weight excluding hydrogens is 264 g/mol. The van der Waals surface area contributed by atoms with Crippen LogP contribution in [-0.2, 0) is 13.1 Å². The first-order chi connectivity index (χ1) is 9.62. The Morgan fingerprint density at radius 3 is 2.65 bits per heavy atom. The van der Waals surface area contributed by atoms with Crippen molar-refractivity contribution in [3.05, 3.63) is 21.4 Å². The van der Waals surface area contributed by atoms with E-state index in [2.05, 4.69) is 50.9 Å². The van der Waals surface area contributed by atoms with Crippen LogP contribution in [0.1, 0.15) is 62.3 Å². The monoisotopic (exact) mass is 296 g/mol. The highest BCUT2D eigenvalue weighted by Crippen LogP contribution is 2.24. The van der Waals surface area contributed by atoms with Gasteiger partial charge in [-0.1, -0.05) is 27.2 Å². The molecule has 0 radical (unpaired) electrons. The minimum atomic E-state index is 0.679. The molecule has 0 aliphatic rings. The van der Waals surface area contributed by atoms with Gasteiger partial charge < -0.3 is 5.32 Å². The van der Waals surface area contributed by atoms with Gasteiger partial charge in [-0.3, -0.25) is 4.90 Å². The van der Waals surface area contributed by atoms with Gasteiger partial charge in [-0.2, -0.15) is 0 Å². The summed E-state index contributed by atoms with van der Waals surface area (Å²) in [6.45, 7) is 15.8. The molecule has 0 aromatic carbocycles. The maximum Gasteiger partial charge on any atom is 0.0299 e. The van der Waals surface area contributed by atoms with E-state index < -0.39 is 0 Å². The van der Waals surface area contributed by atoms with Crippen LogP contribution in [-0.4, -0.2) is 24.0 Å². The van der Waals surface area contributed by atoms with Crippen LogP contribution < -0.4 is 5.32 Å². The number of unbranched alkanes of at least 4 members (excludes halogenated alkanes) is 1. The summed E-state index contributed by atoms with van der Waals surface area (Å²) >= 11 is 1.95. The lowest BCUT2D eigenvalue weighted by Gasteiger charge is -2.28. The van der Waals surface area contributed by atoms with Gasteiger partial charge in [-0.05, 0) is 51.4 Å². The quantitative estimate of drug-likeness (QED) is 0.680. The van der Waals surface area contributed by atoms with Crippen molar-refractivity contribution in [1.82, 2.24) is 10.2 Å². The third-order valence-electron chi connectivity index (χ3n) is 4.01. The molecule has 0 aliphatic heterocycles. The number of hydrogen-bond acceptors (Lipinski definition) is 3. The van der Waals surface area contributed by atoms with E-state index in [0.717, 1.165) is 19.6 Å². The van der Waals surface area contributed by atoms with Crippen molar-refractivity contribution in [3.63, 3.8) is 0 Å². The largest absolute Gasteiger partial charge is 0.312 e. The van der Waals surface area contributed by atoms with Crippen LogP contribution in [0.3, 0.4) is 0 Å². The van der Waals surface area contributed by atoms with E-state index in [4.69, 9.17) is 0 Å². The lowest BCUT2D eigenvalue weighted by molar-refractivity contribution is 0.192. The summed E-state index contributed by atoms with van der Waals surface area (Å²) in [7, 11) is 0. The van der Waals surface area contributed by atoms with Crippen LogP contribution in [0.5, 0.6) is 0 Å². The summed E-state index contributed by atoms with van der Waals surface area (Å²) in [6, 6.07) is 3.09. The van der Waals surface area contributed by atoms with Gasteiger partial charge in [0.1, 0.15) is 0 Å². The van der Waals surface area contributed by atoms with Gasteiger partial charge in [0.05, 0.1) is 0 Å². The first-order valence-electron chi connectivity index (χ1n) is 8.15. The number of rotatable bonds is 10. The lowest BCUT2D eigenvalue weighted by Crippen LogP contribution is -2.33. The Morgan fingerprint density at radius 1 is 1.30 bits per heavy atom. The van der Waals surface area contributed by atoms with E-state index in [9.17, 15) is 0 Å². The molecular formula is C17H32N2S. The number of aryl methyl sites for hydroxylation is 1. The highest BCUT2D eigenvalue weighted by atomic mass is 32.1. The van der Waals surface area contributed by atoms with E-state index in [1.165, 1.54) is 41.1 Å². The van der Waals surface area contributed by atoms with Gasteiger partial charge in [0.25, 0.3) is 0 Å². The van der Waals surface area contributed by atoms with Crippen molar-refractivity contribution >= 4 is 11.3 Å². The molecule has 1 rings (SSSR count). The third kappa shape index (κ3) is 5.55. The maximum absolute atomic E-state index is 3.42. The predicted octanol–water partition coefficient (Wildman–Crippen LogP) is 4.57. The first-order valence-corrected chi connectivity index (χ1v) is 8.96. The number of hydrogen-bond donors (Lipinski definition) is 1. The average Bonchev–Trinajstić information content (AvgIpc) is 2.80. The van der Waals surface area contributed by atoms with E-state index in [-0.39, 0.29) is 0 Å². The molecule has 0 saturated carbocycles. The molecule has 0 bridgehead atoms. The normalized spacial score (nSPS) is 13.1. The van der Waals surface area contributed by atoms with Gasteiger partial charge in [0, 0.05) is 28.9 Å². The predicted molar refractivity (Wildman–Crippen MR) is 91.5 cm³/mol. The Hall–Kier alpha value is -0.380. The fraction of sp³-hybridized carbons (Fsp3) is 0.765. The lowest BCUT2D eigenvalue weighted by atomic mass is 10.1. The van der Waals surface area contributed by atoms with Crippen molar-refractivity contribution in [3.8, 4) is 0 Å². The van der Waals surface area contributed by atoms with Crippen molar-refractivity contribution < 1.29 is 0 Å². The molecule has 0 fully saturated rings. The molecule has 1 heterocycles. The molecule has 1 unspecified atom stereocenters. The second kappa shape index (κ2) is 9.54. The van der Waals surface area contributed by atoms with Gasteiger partial charge in [-0.15, -0.1) is 11.3 Å². The SMILES string of the molecule is CCCCN(Cc1cc(CNCC)sc1C)C(C)CC. The number of thiophene rings is 1. The molecule has 3 heteroatoms. The van der Waals surface area contributed by atoms with Crippen molar-refractivity contribution in [2.24, 2.45) is 0 Å². The fourth-order valence-corrected chi connectivity index (χ4v) is 3.40. The van der Waals surface area contributed by atoms with Crippen LogP contribution >= 0.6 is 11.3 Å². The molecule has 116 valence electrons. The van der Waals surface area contributed by atoms with E-state index in [1.54, 1.807) is 0 Å². The summed E-state index contributed by atoms with van der Waals surface area (Å²) in [4.78, 5) is 5.61. The Bertz CT molecular complexity index is 373. The summed E-state index contributed by atoms with van der Waals surface area (Å²) in [5.41, 5.74) is 1.53. The fourth-order valence-electron chi connectivity index (χ4n) is 2.37. The van der Waals surface area contributed by atoms with Crippen LogP contribution in [0.25, 0.3) is 0 Å². The maximum atomic E-state index is 3.42. The van der Waals surface area contributed by atoms with Crippen LogP contribution in [0.2, 0.25) is 0 Å². The highest BCUT2D eigenvalue weighted by molar-refractivity contribution is 7.12. The second-order valence-corrected chi connectivity index (χ2v) is 7.00. The average molecular weight is 297 g/mol. The van der Waals surface area contributed by atoms with Crippen LogP contribution in [0, 0.1) is 6.92 Å². The minimum Gasteiger partial charge on any atom is -0.312 e. The zero-order valence-electron chi connectivity index (χ0n) is 14.0. The van der Waals surface area contributed by atoms with E-state index in [0.29, 0.717) is 6.04 Å². The van der Waals surface area contributed by atoms with Crippen LogP contribution in [0.15, 0.2) is 6.07 Å². The molecule has 0 amide bonds. The summed E-state index contributed by atoms with van der Waals surface area (Å²) in [5, 5.41) is 3.42. The van der Waals surface area contributed by atoms with Gasteiger partial charge in [-0.25, -0.2) is 0 Å². The Morgan fingerprint density at radius 2 is 2.05 bits per heavy atom. The molecule has 2 nitrogen and oxygen atoms in total. The molecule has 20 heavy (non-hydrogen) atoms. The van der Waals surface area contributed by atoms with Gasteiger partial charge in [0.2, 0.25) is 0 Å². The molecule has 0 aliphatic carbocycles. The summed E-state index contributed by atoms with van der Waals surface area (Å²) < 4.78 is 0. The smallest absolute Gasteiger partial charge is 0.0299 e. The number of nitrogens with one attached hydrogen (secondary N) is 1. The Balaban J connectivity index is 2.69. The summed E-state index contributed by atoms with van der Waals surface area (Å²) in [5.74, 6) is 0. The highest BCUT2D eigenvalue weighted by Gasteiger charge is 2.14. The van der Waals surface area contributed by atoms with Crippen molar-refractivity contribution in [2.45, 2.75) is 73.0 Å². The molecule has 1 aromatic rings. The van der Waals surface area contributed by atoms with Crippen LogP contribution in [0.4, 0.5) is 0 Å². The summed E-state index contributed by atoms with van der Waals surface area (Å²) in [6.07, 6.45) is 3.82. The first kappa shape index (κ1) is 17.7. The number of nitrogens with zero attached hydrogens (tertiary/aromatic N) is 1. The Kier molecular flexibility index (Phi) is 8.43. The van der Waals surface area contributed by atoms with Gasteiger partial charge >= 0.3 is 0 Å². The zero-order valence-corrected chi connectivity index (χ0v) is 14.8. The molecule has 0 spiro atoms.